The number of amides is 2. The predicted octanol–water partition coefficient (Wildman–Crippen LogP) is 5.77. The van der Waals surface area contributed by atoms with Gasteiger partial charge in [-0.15, -0.1) is 0 Å². The minimum Gasteiger partial charge on any atom is -0.352 e. The molecule has 218 valence electrons. The Kier molecular flexibility index (Phi) is 10.3. The largest absolute Gasteiger partial charge is 0.352 e. The summed E-state index contributed by atoms with van der Waals surface area (Å²) in [7, 11) is -3.89. The fraction of sp³-hybridized carbons (Fsp3) is 0.355. The van der Waals surface area contributed by atoms with Crippen LogP contribution < -0.4 is 9.62 Å². The summed E-state index contributed by atoms with van der Waals surface area (Å²) in [6, 6.07) is 20.6. The van der Waals surface area contributed by atoms with Crippen molar-refractivity contribution in [1.82, 2.24) is 10.2 Å². The van der Waals surface area contributed by atoms with E-state index in [1.165, 1.54) is 11.0 Å². The fourth-order valence-electron chi connectivity index (χ4n) is 5.18. The van der Waals surface area contributed by atoms with E-state index >= 15 is 0 Å². The van der Waals surface area contributed by atoms with Crippen LogP contribution in [0.5, 0.6) is 0 Å². The van der Waals surface area contributed by atoms with Crippen LogP contribution in [0, 0.1) is 6.92 Å². The number of hydrogen-bond acceptors (Lipinski definition) is 4. The Morgan fingerprint density at radius 3 is 2.29 bits per heavy atom. The van der Waals surface area contributed by atoms with Crippen molar-refractivity contribution in [3.63, 3.8) is 0 Å². The lowest BCUT2D eigenvalue weighted by Gasteiger charge is -2.34. The highest BCUT2D eigenvalue weighted by Crippen LogP contribution is 2.28. The van der Waals surface area contributed by atoms with E-state index in [4.69, 9.17) is 23.2 Å². The van der Waals surface area contributed by atoms with Gasteiger partial charge in [0.05, 0.1) is 11.9 Å². The van der Waals surface area contributed by atoms with Gasteiger partial charge in [0.25, 0.3) is 0 Å². The van der Waals surface area contributed by atoms with Gasteiger partial charge in [0.2, 0.25) is 21.8 Å². The van der Waals surface area contributed by atoms with Gasteiger partial charge in [-0.05, 0) is 54.7 Å². The first kappa shape index (κ1) is 30.9. The topological polar surface area (TPSA) is 86.8 Å². The summed E-state index contributed by atoms with van der Waals surface area (Å²) in [5, 5.41) is 3.95. The number of benzene rings is 3. The summed E-state index contributed by atoms with van der Waals surface area (Å²) in [6.07, 6.45) is 5.16. The first-order chi connectivity index (χ1) is 19.5. The number of rotatable bonds is 11. The Morgan fingerprint density at radius 2 is 1.63 bits per heavy atom. The maximum Gasteiger partial charge on any atom is 0.244 e. The van der Waals surface area contributed by atoms with Crippen LogP contribution >= 0.6 is 23.2 Å². The second-order valence-corrected chi connectivity index (χ2v) is 13.3. The molecule has 7 nitrogen and oxygen atoms in total. The maximum atomic E-state index is 14.2. The third-order valence-electron chi connectivity index (χ3n) is 7.39. The summed E-state index contributed by atoms with van der Waals surface area (Å²) in [4.78, 5) is 29.6. The standard InChI is InChI=1S/C31H35Cl2N3O4S/c1-22-16-17-25(32)19-28(22)36(41(2,39)40)21-30(37)35(20-24-12-6-9-15-27(24)33)29(18-23-10-4-3-5-11-23)31(38)34-26-13-7-8-14-26/h3-6,9-12,15-17,19,26,29H,7-8,13-14,18,20-21H2,1-2H3,(H,34,38). The van der Waals surface area contributed by atoms with E-state index in [-0.39, 0.29) is 24.9 Å². The molecule has 1 aliphatic rings. The fourth-order valence-corrected chi connectivity index (χ4v) is 6.44. The summed E-state index contributed by atoms with van der Waals surface area (Å²) in [6.45, 7) is 1.27. The average molecular weight is 617 g/mol. The molecule has 1 atom stereocenters. The average Bonchev–Trinajstić information content (AvgIpc) is 3.44. The number of carbonyl (C=O) groups is 2. The molecule has 3 aromatic rings. The normalized spacial score (nSPS) is 14.4. The second kappa shape index (κ2) is 13.7. The molecule has 0 heterocycles. The third-order valence-corrected chi connectivity index (χ3v) is 9.12. The molecule has 1 aliphatic carbocycles. The summed E-state index contributed by atoms with van der Waals surface area (Å²) >= 11 is 12.7. The van der Waals surface area contributed by atoms with Gasteiger partial charge in [-0.1, -0.05) is 90.6 Å². The molecule has 3 aromatic carbocycles. The van der Waals surface area contributed by atoms with Crippen LogP contribution in [0.15, 0.2) is 72.8 Å². The maximum absolute atomic E-state index is 14.2. The van der Waals surface area contributed by atoms with Gasteiger partial charge in [-0.25, -0.2) is 8.42 Å². The minimum atomic E-state index is -3.89. The van der Waals surface area contributed by atoms with Crippen LogP contribution in [-0.4, -0.2) is 50.0 Å². The predicted molar refractivity (Wildman–Crippen MR) is 165 cm³/mol. The molecule has 4 rings (SSSR count). The zero-order chi connectivity index (χ0) is 29.6. The highest BCUT2D eigenvalue weighted by atomic mass is 35.5. The molecule has 1 fully saturated rings. The number of nitrogens with one attached hydrogen (secondary N) is 1. The second-order valence-electron chi connectivity index (χ2n) is 10.5. The molecule has 0 saturated heterocycles. The summed E-state index contributed by atoms with van der Waals surface area (Å²) in [5.41, 5.74) is 2.48. The first-order valence-corrected chi connectivity index (χ1v) is 16.2. The summed E-state index contributed by atoms with van der Waals surface area (Å²) < 4.78 is 27.1. The lowest BCUT2D eigenvalue weighted by atomic mass is 10.0. The number of halogens is 2. The summed E-state index contributed by atoms with van der Waals surface area (Å²) in [5.74, 6) is -0.803. The Balaban J connectivity index is 1.75. The number of aryl methyl sites for hydroxylation is 1. The lowest BCUT2D eigenvalue weighted by Crippen LogP contribution is -2.54. The molecule has 0 aliphatic heterocycles. The number of hydrogen-bond donors (Lipinski definition) is 1. The number of sulfonamides is 1. The van der Waals surface area contributed by atoms with E-state index in [1.807, 2.05) is 36.4 Å². The molecule has 2 amide bonds. The Labute approximate surface area is 252 Å². The SMILES string of the molecule is Cc1ccc(Cl)cc1N(CC(=O)N(Cc1ccccc1Cl)C(Cc1ccccc1)C(=O)NC1CCCC1)S(C)(=O)=O. The van der Waals surface area contributed by atoms with Crippen molar-refractivity contribution in [1.29, 1.82) is 0 Å². The monoisotopic (exact) mass is 615 g/mol. The van der Waals surface area contributed by atoms with E-state index in [9.17, 15) is 18.0 Å². The Morgan fingerprint density at radius 1 is 0.976 bits per heavy atom. The van der Waals surface area contributed by atoms with Gasteiger partial charge >= 0.3 is 0 Å². The molecular formula is C31H35Cl2N3O4S. The van der Waals surface area contributed by atoms with Gasteiger partial charge in [0, 0.05) is 29.1 Å². The molecule has 1 saturated carbocycles. The van der Waals surface area contributed by atoms with E-state index in [1.54, 1.807) is 37.3 Å². The quantitative estimate of drug-likeness (QED) is 0.297. The number of nitrogens with zero attached hydrogens (tertiary/aromatic N) is 2. The minimum absolute atomic E-state index is 0.0280. The van der Waals surface area contributed by atoms with Crippen molar-refractivity contribution in [2.75, 3.05) is 17.1 Å². The highest BCUT2D eigenvalue weighted by molar-refractivity contribution is 7.92. The lowest BCUT2D eigenvalue weighted by molar-refractivity contribution is -0.140. The van der Waals surface area contributed by atoms with Crippen molar-refractivity contribution in [3.8, 4) is 0 Å². The molecule has 1 unspecified atom stereocenters. The van der Waals surface area contributed by atoms with Crippen LogP contribution in [-0.2, 0) is 32.6 Å². The Bertz CT molecular complexity index is 1480. The molecule has 10 heteroatoms. The van der Waals surface area contributed by atoms with E-state index in [2.05, 4.69) is 5.32 Å². The van der Waals surface area contributed by atoms with E-state index in [0.29, 0.717) is 26.9 Å². The molecular weight excluding hydrogens is 581 g/mol. The smallest absolute Gasteiger partial charge is 0.244 e. The number of anilines is 1. The third kappa shape index (κ3) is 8.24. The van der Waals surface area contributed by atoms with Gasteiger partial charge in [0.15, 0.2) is 0 Å². The zero-order valence-corrected chi connectivity index (χ0v) is 25.6. The van der Waals surface area contributed by atoms with Crippen molar-refractivity contribution < 1.29 is 18.0 Å². The van der Waals surface area contributed by atoms with E-state index in [0.717, 1.165) is 41.8 Å². The van der Waals surface area contributed by atoms with Crippen molar-refractivity contribution in [2.24, 2.45) is 0 Å². The Hall–Kier alpha value is -3.07. The van der Waals surface area contributed by atoms with Gasteiger partial charge < -0.3 is 10.2 Å². The van der Waals surface area contributed by atoms with Crippen molar-refractivity contribution in [3.05, 3.63) is 99.5 Å². The molecule has 41 heavy (non-hydrogen) atoms. The van der Waals surface area contributed by atoms with Crippen LogP contribution in [0.4, 0.5) is 5.69 Å². The molecule has 0 spiro atoms. The molecule has 0 bridgehead atoms. The number of carbonyl (C=O) groups excluding carboxylic acids is 2. The van der Waals surface area contributed by atoms with Gasteiger partial charge in [0.1, 0.15) is 12.6 Å². The molecule has 1 N–H and O–H groups in total. The van der Waals surface area contributed by atoms with E-state index < -0.39 is 28.5 Å². The molecule has 0 aromatic heterocycles. The highest BCUT2D eigenvalue weighted by Gasteiger charge is 2.34. The van der Waals surface area contributed by atoms with Crippen LogP contribution in [0.3, 0.4) is 0 Å². The first-order valence-electron chi connectivity index (χ1n) is 13.6. The zero-order valence-electron chi connectivity index (χ0n) is 23.2. The van der Waals surface area contributed by atoms with Gasteiger partial charge in [-0.2, -0.15) is 0 Å². The van der Waals surface area contributed by atoms with Gasteiger partial charge in [-0.3, -0.25) is 13.9 Å². The van der Waals surface area contributed by atoms with Crippen LogP contribution in [0.1, 0.15) is 42.4 Å². The van der Waals surface area contributed by atoms with Crippen LogP contribution in [0.25, 0.3) is 0 Å². The van der Waals surface area contributed by atoms with Crippen molar-refractivity contribution >= 4 is 50.7 Å². The molecule has 0 radical (unpaired) electrons. The van der Waals surface area contributed by atoms with Crippen LogP contribution in [0.2, 0.25) is 10.0 Å². The van der Waals surface area contributed by atoms with Crippen molar-refractivity contribution in [2.45, 2.75) is 57.7 Å².